The normalized spacial score (nSPS) is 9.56. The number of aliphatic carboxylic acids is 1. The molecule has 0 bridgehead atoms. The van der Waals surface area contributed by atoms with Gasteiger partial charge in [0.2, 0.25) is 0 Å². The van der Waals surface area contributed by atoms with E-state index < -0.39 is 5.97 Å². The van der Waals surface area contributed by atoms with E-state index in [1.807, 2.05) is 0 Å². The fourth-order valence-electron chi connectivity index (χ4n) is 1.66. The van der Waals surface area contributed by atoms with Crippen molar-refractivity contribution in [1.29, 1.82) is 0 Å². The first-order chi connectivity index (χ1) is 7.49. The molecule has 0 fully saturated rings. The van der Waals surface area contributed by atoms with E-state index in [2.05, 4.69) is 27.4 Å². The summed E-state index contributed by atoms with van der Waals surface area (Å²) < 4.78 is 0. The highest BCUT2D eigenvalue weighted by molar-refractivity contribution is 6.58. The van der Waals surface area contributed by atoms with Crippen molar-refractivity contribution < 1.29 is 9.90 Å². The Hall–Kier alpha value is -0.573. The number of hydrogen-bond donors (Lipinski definition) is 1. The monoisotopic (exact) mass is 244 g/mol. The molecule has 3 heteroatoms. The van der Waals surface area contributed by atoms with E-state index in [9.17, 15) is 4.79 Å². The van der Waals surface area contributed by atoms with Crippen LogP contribution in [0, 0.1) is 0 Å². The van der Waals surface area contributed by atoms with Crippen molar-refractivity contribution in [1.82, 2.24) is 0 Å². The second-order valence-electron chi connectivity index (χ2n) is 4.32. The zero-order valence-electron chi connectivity index (χ0n) is 11.4. The van der Waals surface area contributed by atoms with Gasteiger partial charge in [0.05, 0.1) is 0 Å². The molecule has 0 saturated carbocycles. The van der Waals surface area contributed by atoms with Crippen LogP contribution in [-0.4, -0.2) is 19.9 Å². The van der Waals surface area contributed by atoms with Gasteiger partial charge in [-0.15, -0.1) is 0 Å². The number of hydrogen-bond acceptors (Lipinski definition) is 1. The predicted molar refractivity (Wildman–Crippen MR) is 74.9 cm³/mol. The largest absolute Gasteiger partial charge is 0.478 e. The topological polar surface area (TPSA) is 37.3 Å². The SMILES string of the molecule is C=C(C)C(=O)O.CCC[SiH](CCC)CCC. The van der Waals surface area contributed by atoms with Crippen molar-refractivity contribution in [3.63, 3.8) is 0 Å². The minimum atomic E-state index is -0.935. The molecule has 0 saturated heterocycles. The summed E-state index contributed by atoms with van der Waals surface area (Å²) in [6, 6.07) is 4.76. The van der Waals surface area contributed by atoms with E-state index in [4.69, 9.17) is 5.11 Å². The molecule has 96 valence electrons. The molecule has 0 rings (SSSR count). The zero-order valence-corrected chi connectivity index (χ0v) is 12.5. The summed E-state index contributed by atoms with van der Waals surface area (Å²) in [5.41, 5.74) is 0.176. The van der Waals surface area contributed by atoms with Crippen molar-refractivity contribution in [2.45, 2.75) is 65.1 Å². The maximum absolute atomic E-state index is 9.60. The van der Waals surface area contributed by atoms with E-state index in [0.717, 1.165) is 0 Å². The molecule has 0 heterocycles. The minimum Gasteiger partial charge on any atom is -0.478 e. The van der Waals surface area contributed by atoms with Gasteiger partial charge >= 0.3 is 5.97 Å². The van der Waals surface area contributed by atoms with Crippen LogP contribution in [0.15, 0.2) is 12.2 Å². The summed E-state index contributed by atoms with van der Waals surface area (Å²) >= 11 is 0. The van der Waals surface area contributed by atoms with E-state index >= 15 is 0 Å². The Bertz CT molecular complexity index is 164. The van der Waals surface area contributed by atoms with Gasteiger partial charge < -0.3 is 5.11 Å². The quantitative estimate of drug-likeness (QED) is 0.541. The Morgan fingerprint density at radius 3 is 1.44 bits per heavy atom. The van der Waals surface area contributed by atoms with E-state index in [-0.39, 0.29) is 14.4 Å². The lowest BCUT2D eigenvalue weighted by Gasteiger charge is -2.10. The molecular weight excluding hydrogens is 216 g/mol. The van der Waals surface area contributed by atoms with E-state index in [1.54, 1.807) is 18.1 Å². The van der Waals surface area contributed by atoms with Crippen LogP contribution in [-0.2, 0) is 4.79 Å². The van der Waals surface area contributed by atoms with E-state index in [1.165, 1.54) is 26.2 Å². The maximum atomic E-state index is 9.60. The van der Waals surface area contributed by atoms with Gasteiger partial charge in [0.25, 0.3) is 0 Å². The van der Waals surface area contributed by atoms with Gasteiger partial charge in [0.15, 0.2) is 0 Å². The molecule has 0 amide bonds. The predicted octanol–water partition coefficient (Wildman–Crippen LogP) is 4.09. The molecule has 1 N–H and O–H groups in total. The van der Waals surface area contributed by atoms with Gasteiger partial charge in [-0.3, -0.25) is 0 Å². The van der Waals surface area contributed by atoms with Crippen molar-refractivity contribution in [2.75, 3.05) is 0 Å². The first-order valence-electron chi connectivity index (χ1n) is 6.38. The van der Waals surface area contributed by atoms with Crippen molar-refractivity contribution in [2.24, 2.45) is 0 Å². The van der Waals surface area contributed by atoms with Gasteiger partial charge in [-0.1, -0.05) is 64.7 Å². The summed E-state index contributed by atoms with van der Waals surface area (Å²) in [5, 5.41) is 7.89. The highest BCUT2D eigenvalue weighted by atomic mass is 28.3. The Morgan fingerprint density at radius 1 is 1.06 bits per heavy atom. The van der Waals surface area contributed by atoms with Crippen LogP contribution in [0.4, 0.5) is 0 Å². The van der Waals surface area contributed by atoms with Crippen molar-refractivity contribution >= 4 is 14.8 Å². The van der Waals surface area contributed by atoms with Crippen molar-refractivity contribution in [3.05, 3.63) is 12.2 Å². The molecule has 2 nitrogen and oxygen atoms in total. The number of carboxylic acids is 1. The van der Waals surface area contributed by atoms with Crippen LogP contribution in [0.1, 0.15) is 47.0 Å². The highest BCUT2D eigenvalue weighted by Crippen LogP contribution is 2.11. The highest BCUT2D eigenvalue weighted by Gasteiger charge is 2.05. The van der Waals surface area contributed by atoms with Gasteiger partial charge in [0.1, 0.15) is 0 Å². The lowest BCUT2D eigenvalue weighted by Crippen LogP contribution is -2.09. The molecule has 0 aromatic rings. The molecule has 0 spiro atoms. The summed E-state index contributed by atoms with van der Waals surface area (Å²) in [5.74, 6) is -0.935. The molecule has 0 radical (unpaired) electrons. The molecule has 0 aliphatic heterocycles. The molecule has 0 aliphatic carbocycles. The smallest absolute Gasteiger partial charge is 0.330 e. The fourth-order valence-corrected chi connectivity index (χ4v) is 4.97. The number of carbonyl (C=O) groups is 1. The van der Waals surface area contributed by atoms with Crippen LogP contribution < -0.4 is 0 Å². The Morgan fingerprint density at radius 2 is 1.31 bits per heavy atom. The van der Waals surface area contributed by atoms with Crippen LogP contribution in [0.2, 0.25) is 18.1 Å². The van der Waals surface area contributed by atoms with Gasteiger partial charge in [-0.05, 0) is 6.92 Å². The first kappa shape index (κ1) is 17.8. The van der Waals surface area contributed by atoms with Gasteiger partial charge in [-0.2, -0.15) is 0 Å². The third-order valence-corrected chi connectivity index (χ3v) is 6.64. The summed E-state index contributed by atoms with van der Waals surface area (Å²) in [4.78, 5) is 9.60. The lowest BCUT2D eigenvalue weighted by molar-refractivity contribution is -0.132. The Labute approximate surface area is 102 Å². The van der Waals surface area contributed by atoms with Crippen LogP contribution in [0.5, 0.6) is 0 Å². The zero-order chi connectivity index (χ0) is 13.0. The van der Waals surface area contributed by atoms with Crippen LogP contribution in [0.3, 0.4) is 0 Å². The molecule has 0 atom stereocenters. The second kappa shape index (κ2) is 12.5. The third kappa shape index (κ3) is 13.4. The van der Waals surface area contributed by atoms with Gasteiger partial charge in [-0.25, -0.2) is 4.79 Å². The van der Waals surface area contributed by atoms with Crippen LogP contribution in [0.25, 0.3) is 0 Å². The van der Waals surface area contributed by atoms with Crippen LogP contribution >= 0.6 is 0 Å². The molecule has 0 aliphatic rings. The second-order valence-corrected chi connectivity index (χ2v) is 7.78. The Kier molecular flexibility index (Phi) is 13.9. The summed E-state index contributed by atoms with van der Waals surface area (Å²) in [6.07, 6.45) is 4.28. The maximum Gasteiger partial charge on any atom is 0.330 e. The molecular formula is C13H28O2Si. The minimum absolute atomic E-state index is 0.176. The summed E-state index contributed by atoms with van der Waals surface area (Å²) in [6.45, 7) is 11.6. The number of carboxylic acid groups (broad SMARTS) is 1. The molecule has 16 heavy (non-hydrogen) atoms. The first-order valence-corrected chi connectivity index (χ1v) is 8.83. The Balaban J connectivity index is 0. The molecule has 0 aromatic carbocycles. The average Bonchev–Trinajstić information content (AvgIpc) is 2.19. The number of rotatable bonds is 7. The standard InChI is InChI=1S/C9H22Si.C4H6O2/c1-4-7-10(8-5-2)9-6-3;1-3(2)4(5)6/h10H,4-9H2,1-3H3;1H2,2H3,(H,5,6). The molecule has 0 unspecified atom stereocenters. The lowest BCUT2D eigenvalue weighted by atomic mass is 10.4. The molecule has 0 aromatic heterocycles. The summed E-state index contributed by atoms with van der Waals surface area (Å²) in [7, 11) is -0.234. The van der Waals surface area contributed by atoms with E-state index in [0.29, 0.717) is 0 Å². The average molecular weight is 244 g/mol. The fraction of sp³-hybridized carbons (Fsp3) is 0.769. The van der Waals surface area contributed by atoms with Crippen molar-refractivity contribution in [3.8, 4) is 0 Å². The third-order valence-electron chi connectivity index (χ3n) is 2.46. The van der Waals surface area contributed by atoms with Gasteiger partial charge in [0, 0.05) is 14.4 Å².